The lowest BCUT2D eigenvalue weighted by Gasteiger charge is -2.32. The average Bonchev–Trinajstić information content (AvgIpc) is 2.69. The molecule has 0 spiro atoms. The average molecular weight is 401 g/mol. The molecular formula is C20H23N3O4S. The Balaban J connectivity index is 1.74. The number of carbonyl (C=O) groups excluding carboxylic acids is 2. The first-order valence-electron chi connectivity index (χ1n) is 8.99. The molecule has 0 saturated carbocycles. The third-order valence-electron chi connectivity index (χ3n) is 4.80. The van der Waals surface area contributed by atoms with Crippen LogP contribution >= 0.6 is 0 Å². The van der Waals surface area contributed by atoms with E-state index in [1.807, 2.05) is 6.92 Å². The van der Waals surface area contributed by atoms with Gasteiger partial charge in [-0.25, -0.2) is 8.42 Å². The molecule has 0 aromatic heterocycles. The summed E-state index contributed by atoms with van der Waals surface area (Å²) in [5.41, 5.74) is 2.57. The SMILES string of the molecule is Cc1ccc(S(=O)(=O)Nc2ccc(C(=O)N3CCN(C=O)CC3)cc2C)cc1. The lowest BCUT2D eigenvalue weighted by atomic mass is 10.1. The Morgan fingerprint density at radius 1 is 1.00 bits per heavy atom. The van der Waals surface area contributed by atoms with Gasteiger partial charge in [-0.3, -0.25) is 14.3 Å². The zero-order valence-corrected chi connectivity index (χ0v) is 16.7. The van der Waals surface area contributed by atoms with Gasteiger partial charge in [0.15, 0.2) is 0 Å². The highest BCUT2D eigenvalue weighted by molar-refractivity contribution is 7.92. The van der Waals surface area contributed by atoms with Crippen molar-refractivity contribution < 1.29 is 18.0 Å². The van der Waals surface area contributed by atoms with Gasteiger partial charge in [0.25, 0.3) is 15.9 Å². The number of hydrogen-bond acceptors (Lipinski definition) is 4. The molecule has 1 aliphatic heterocycles. The second-order valence-electron chi connectivity index (χ2n) is 6.88. The van der Waals surface area contributed by atoms with E-state index in [0.717, 1.165) is 12.0 Å². The zero-order chi connectivity index (χ0) is 20.3. The van der Waals surface area contributed by atoms with Crippen molar-refractivity contribution in [3.05, 3.63) is 59.2 Å². The minimum Gasteiger partial charge on any atom is -0.342 e. The standard InChI is InChI=1S/C20H23N3O4S/c1-15-3-6-18(7-4-15)28(26,27)21-19-8-5-17(13-16(19)2)20(25)23-11-9-22(14-24)10-12-23/h3-8,13-14,21H,9-12H2,1-2H3. The van der Waals surface area contributed by atoms with Crippen molar-refractivity contribution in [2.24, 2.45) is 0 Å². The van der Waals surface area contributed by atoms with Crippen LogP contribution in [-0.2, 0) is 14.8 Å². The van der Waals surface area contributed by atoms with Gasteiger partial charge >= 0.3 is 0 Å². The van der Waals surface area contributed by atoms with Gasteiger partial charge in [0.1, 0.15) is 0 Å². The van der Waals surface area contributed by atoms with Gasteiger partial charge in [0.05, 0.1) is 10.6 Å². The fourth-order valence-corrected chi connectivity index (χ4v) is 4.18. The summed E-state index contributed by atoms with van der Waals surface area (Å²) in [5.74, 6) is -0.124. The van der Waals surface area contributed by atoms with E-state index in [2.05, 4.69) is 4.72 Å². The molecule has 0 unspecified atom stereocenters. The molecule has 0 radical (unpaired) electrons. The van der Waals surface area contributed by atoms with Crippen LogP contribution in [0, 0.1) is 13.8 Å². The Morgan fingerprint density at radius 3 is 2.21 bits per heavy atom. The molecule has 7 nitrogen and oxygen atoms in total. The Bertz CT molecular complexity index is 979. The van der Waals surface area contributed by atoms with E-state index in [-0.39, 0.29) is 10.8 Å². The van der Waals surface area contributed by atoms with Crippen LogP contribution in [0.4, 0.5) is 5.69 Å². The molecule has 28 heavy (non-hydrogen) atoms. The van der Waals surface area contributed by atoms with Crippen molar-refractivity contribution in [1.82, 2.24) is 9.80 Å². The van der Waals surface area contributed by atoms with E-state index in [1.54, 1.807) is 59.2 Å². The van der Waals surface area contributed by atoms with Gasteiger partial charge in [-0.15, -0.1) is 0 Å². The summed E-state index contributed by atoms with van der Waals surface area (Å²) >= 11 is 0. The molecule has 2 aromatic rings. The number of sulfonamides is 1. The maximum absolute atomic E-state index is 12.7. The van der Waals surface area contributed by atoms with Crippen molar-refractivity contribution in [2.75, 3.05) is 30.9 Å². The summed E-state index contributed by atoms with van der Waals surface area (Å²) in [7, 11) is -3.70. The molecule has 0 bridgehead atoms. The summed E-state index contributed by atoms with van der Waals surface area (Å²) in [4.78, 5) is 27.0. The maximum Gasteiger partial charge on any atom is 0.261 e. The van der Waals surface area contributed by atoms with Crippen LogP contribution in [0.1, 0.15) is 21.5 Å². The summed E-state index contributed by atoms with van der Waals surface area (Å²) < 4.78 is 27.7. The number of carbonyl (C=O) groups is 2. The largest absolute Gasteiger partial charge is 0.342 e. The van der Waals surface area contributed by atoms with Crippen molar-refractivity contribution in [1.29, 1.82) is 0 Å². The number of aryl methyl sites for hydroxylation is 2. The molecule has 1 heterocycles. The molecule has 8 heteroatoms. The van der Waals surface area contributed by atoms with Crippen molar-refractivity contribution >= 4 is 28.0 Å². The predicted octanol–water partition coefficient (Wildman–Crippen LogP) is 2.02. The summed E-state index contributed by atoms with van der Waals surface area (Å²) in [6.45, 7) is 5.65. The van der Waals surface area contributed by atoms with Crippen LogP contribution in [-0.4, -0.2) is 56.7 Å². The van der Waals surface area contributed by atoms with Gasteiger partial charge in [-0.2, -0.15) is 0 Å². The molecule has 1 saturated heterocycles. The lowest BCUT2D eigenvalue weighted by Crippen LogP contribution is -2.48. The van der Waals surface area contributed by atoms with E-state index in [0.29, 0.717) is 43.0 Å². The molecular weight excluding hydrogens is 378 g/mol. The number of nitrogens with zero attached hydrogens (tertiary/aromatic N) is 2. The summed E-state index contributed by atoms with van der Waals surface area (Å²) in [5, 5.41) is 0. The van der Waals surface area contributed by atoms with Crippen molar-refractivity contribution in [3.8, 4) is 0 Å². The molecule has 0 aliphatic carbocycles. The monoisotopic (exact) mass is 401 g/mol. The van der Waals surface area contributed by atoms with Gasteiger partial charge in [-0.1, -0.05) is 17.7 Å². The first-order chi connectivity index (χ1) is 13.3. The van der Waals surface area contributed by atoms with Crippen LogP contribution < -0.4 is 4.72 Å². The van der Waals surface area contributed by atoms with E-state index in [9.17, 15) is 18.0 Å². The smallest absolute Gasteiger partial charge is 0.261 e. The van der Waals surface area contributed by atoms with Crippen LogP contribution in [0.15, 0.2) is 47.4 Å². The maximum atomic E-state index is 12.7. The fraction of sp³-hybridized carbons (Fsp3) is 0.300. The van der Waals surface area contributed by atoms with Crippen LogP contribution in [0.3, 0.4) is 0 Å². The minimum atomic E-state index is -3.70. The summed E-state index contributed by atoms with van der Waals surface area (Å²) in [6.07, 6.45) is 0.793. The fourth-order valence-electron chi connectivity index (χ4n) is 3.05. The number of nitrogens with one attached hydrogen (secondary N) is 1. The Kier molecular flexibility index (Phi) is 5.69. The third kappa shape index (κ3) is 4.33. The molecule has 0 atom stereocenters. The summed E-state index contributed by atoms with van der Waals surface area (Å²) in [6, 6.07) is 11.5. The van der Waals surface area contributed by atoms with Crippen LogP contribution in [0.5, 0.6) is 0 Å². The number of anilines is 1. The minimum absolute atomic E-state index is 0.124. The van der Waals surface area contributed by atoms with E-state index < -0.39 is 10.0 Å². The third-order valence-corrected chi connectivity index (χ3v) is 6.18. The van der Waals surface area contributed by atoms with Crippen LogP contribution in [0.2, 0.25) is 0 Å². The molecule has 3 rings (SSSR count). The second kappa shape index (κ2) is 8.02. The Morgan fingerprint density at radius 2 is 1.64 bits per heavy atom. The van der Waals surface area contributed by atoms with Gasteiger partial charge < -0.3 is 9.80 Å². The molecule has 1 aliphatic rings. The van der Waals surface area contributed by atoms with E-state index >= 15 is 0 Å². The van der Waals surface area contributed by atoms with E-state index in [1.165, 1.54) is 0 Å². The number of amides is 2. The quantitative estimate of drug-likeness (QED) is 0.777. The van der Waals surface area contributed by atoms with Gasteiger partial charge in [0, 0.05) is 31.7 Å². The number of piperazine rings is 1. The topological polar surface area (TPSA) is 86.8 Å². The molecule has 1 N–H and O–H groups in total. The first-order valence-corrected chi connectivity index (χ1v) is 10.5. The molecule has 2 amide bonds. The normalized spacial score (nSPS) is 14.6. The van der Waals surface area contributed by atoms with E-state index in [4.69, 9.17) is 0 Å². The lowest BCUT2D eigenvalue weighted by molar-refractivity contribution is -0.119. The Hall–Kier alpha value is -2.87. The number of rotatable bonds is 5. The zero-order valence-electron chi connectivity index (χ0n) is 15.9. The van der Waals surface area contributed by atoms with Crippen LogP contribution in [0.25, 0.3) is 0 Å². The number of hydrogen-bond donors (Lipinski definition) is 1. The second-order valence-corrected chi connectivity index (χ2v) is 8.56. The highest BCUT2D eigenvalue weighted by Crippen LogP contribution is 2.22. The molecule has 148 valence electrons. The predicted molar refractivity (Wildman–Crippen MR) is 107 cm³/mol. The first kappa shape index (κ1) is 19.9. The molecule has 2 aromatic carbocycles. The van der Waals surface area contributed by atoms with Crippen molar-refractivity contribution in [2.45, 2.75) is 18.7 Å². The highest BCUT2D eigenvalue weighted by Gasteiger charge is 2.22. The van der Waals surface area contributed by atoms with Crippen molar-refractivity contribution in [3.63, 3.8) is 0 Å². The Labute approximate surface area is 165 Å². The van der Waals surface area contributed by atoms with Gasteiger partial charge in [-0.05, 0) is 49.7 Å². The number of benzene rings is 2. The highest BCUT2D eigenvalue weighted by atomic mass is 32.2. The molecule has 1 fully saturated rings. The van der Waals surface area contributed by atoms with Gasteiger partial charge in [0.2, 0.25) is 6.41 Å².